The number of nitriles is 2. The first-order chi connectivity index (χ1) is 8.11. The molecule has 0 aliphatic rings. The molecule has 0 fully saturated rings. The van der Waals surface area contributed by atoms with Crippen LogP contribution < -0.4 is 10.2 Å². The van der Waals surface area contributed by atoms with Crippen molar-refractivity contribution in [2.24, 2.45) is 0 Å². The van der Waals surface area contributed by atoms with Crippen molar-refractivity contribution in [1.29, 1.82) is 10.5 Å². The smallest absolute Gasteiger partial charge is 0.696 e. The number of carbonyl (C=O) groups excluding carboxylic acids is 2. The Kier molecular flexibility index (Phi) is 39.7. The summed E-state index contributed by atoms with van der Waals surface area (Å²) in [4.78, 5) is 36.1. The van der Waals surface area contributed by atoms with Crippen molar-refractivity contribution in [2.75, 3.05) is 0 Å². The zero-order chi connectivity index (χ0) is 15.7. The molecule has 0 bridgehead atoms. The summed E-state index contributed by atoms with van der Waals surface area (Å²) < 4.78 is 0. The largest absolute Gasteiger partial charge is 2.00 e. The fraction of sp³-hybridized carbons (Fsp3) is 0. The maximum Gasteiger partial charge on any atom is 2.00 e. The summed E-state index contributed by atoms with van der Waals surface area (Å²) in [6.07, 6.45) is 0. The van der Waals surface area contributed by atoms with E-state index in [1.54, 1.807) is 0 Å². The zero-order valence-electron chi connectivity index (χ0n) is 8.37. The van der Waals surface area contributed by atoms with E-state index in [-0.39, 0.29) is 21.1 Å². The van der Waals surface area contributed by atoms with Gasteiger partial charge in [0.05, 0.1) is 0 Å². The molecule has 19 heavy (non-hydrogen) atoms. The number of carboxylic acids is 4. The van der Waals surface area contributed by atoms with Crippen LogP contribution in [0, 0.1) is 21.3 Å². The minimum atomic E-state index is -2.07. The number of rotatable bonds is 0. The number of aliphatic carboxylic acids is 4. The van der Waals surface area contributed by atoms with E-state index in [9.17, 15) is 0 Å². The van der Waals surface area contributed by atoms with Crippen LogP contribution in [0.4, 0.5) is 0 Å². The van der Waals surface area contributed by atoms with Crippen LogP contribution in [0.1, 0.15) is 0 Å². The number of nitrogens with zero attached hydrogens (tertiary/aromatic N) is 2. The molecule has 0 saturated heterocycles. The Bertz CT molecular complexity index is 314. The van der Waals surface area contributed by atoms with Crippen molar-refractivity contribution in [2.45, 2.75) is 0 Å². The minimum Gasteiger partial charge on any atom is -0.696 e. The van der Waals surface area contributed by atoms with E-state index >= 15 is 0 Å². The predicted molar refractivity (Wildman–Crippen MR) is 51.2 cm³/mol. The van der Waals surface area contributed by atoms with Gasteiger partial charge in [-0.05, 0) is 0 Å². The van der Waals surface area contributed by atoms with Gasteiger partial charge in [-0.25, -0.2) is 20.1 Å². The number of carbonyl (C=O) groups is 4. The van der Waals surface area contributed by atoms with E-state index in [0.29, 0.717) is 0 Å². The number of thiocyanates is 2. The van der Waals surface area contributed by atoms with Gasteiger partial charge in [-0.15, -0.1) is 0 Å². The summed E-state index contributed by atoms with van der Waals surface area (Å²) in [5.74, 6) is -8.02. The van der Waals surface area contributed by atoms with Crippen molar-refractivity contribution in [3.63, 3.8) is 0 Å². The van der Waals surface area contributed by atoms with Gasteiger partial charge < -0.3 is 55.3 Å². The molecule has 0 heterocycles. The summed E-state index contributed by atoms with van der Waals surface area (Å²) >= 11 is 7.40. The molecule has 0 aromatic rings. The monoisotopic (exact) mass is 489 g/mol. The molecular weight excluding hydrogens is 487 g/mol. The third kappa shape index (κ3) is 87.2. The molecule has 0 atom stereocenters. The first kappa shape index (κ1) is 30.2. The summed E-state index contributed by atoms with van der Waals surface area (Å²) in [7, 11) is 0. The van der Waals surface area contributed by atoms with Gasteiger partial charge in [0.15, 0.2) is 11.9 Å². The first-order valence-electron chi connectivity index (χ1n) is 3.03. The second-order valence-electron chi connectivity index (χ2n) is 1.37. The molecule has 0 rings (SSSR count). The molecule has 0 aromatic heterocycles. The van der Waals surface area contributed by atoms with E-state index in [0.717, 1.165) is 0 Å². The van der Waals surface area contributed by atoms with E-state index in [2.05, 4.69) is 25.3 Å². The van der Waals surface area contributed by atoms with Crippen molar-refractivity contribution in [1.82, 2.24) is 0 Å². The zero-order valence-corrected chi connectivity index (χ0v) is 12.3. The Morgan fingerprint density at radius 1 is 0.842 bits per heavy atom. The first-order valence-corrected chi connectivity index (χ1v) is 3.84. The quantitative estimate of drug-likeness (QED) is 0.188. The van der Waals surface area contributed by atoms with Crippen LogP contribution in [0.3, 0.4) is 0 Å². The van der Waals surface area contributed by atoms with E-state index in [4.69, 9.17) is 50.1 Å². The van der Waals surface area contributed by atoms with Gasteiger partial charge in [0.1, 0.15) is 0 Å². The number of carboxylic acid groups (broad SMARTS) is 4. The molecule has 0 aliphatic heterocycles. The molecule has 2 N–H and O–H groups in total. The number of hydrogen-bond acceptors (Lipinski definition) is 10. The molecular formula is C6H2N2O8PtS2-2. The molecule has 0 spiro atoms. The van der Waals surface area contributed by atoms with Crippen LogP contribution in [0.15, 0.2) is 0 Å². The van der Waals surface area contributed by atoms with Crippen molar-refractivity contribution >= 4 is 49.1 Å². The average molecular weight is 489 g/mol. The fourth-order valence-electron chi connectivity index (χ4n) is 0. The van der Waals surface area contributed by atoms with Gasteiger partial charge in [0, 0.05) is 0 Å². The number of hydrogen-bond donors (Lipinski definition) is 2. The van der Waals surface area contributed by atoms with Gasteiger partial charge in [-0.3, -0.25) is 0 Å². The molecule has 10 nitrogen and oxygen atoms in total. The molecule has 0 radical (unpaired) electrons. The van der Waals surface area contributed by atoms with Crippen LogP contribution in [-0.4, -0.2) is 34.1 Å². The van der Waals surface area contributed by atoms with Crippen LogP contribution >= 0.6 is 0 Å². The fourth-order valence-corrected chi connectivity index (χ4v) is 0. The van der Waals surface area contributed by atoms with Crippen LogP contribution in [0.2, 0.25) is 0 Å². The van der Waals surface area contributed by atoms with E-state index in [1.165, 1.54) is 10.8 Å². The molecule has 13 heteroatoms. The summed E-state index contributed by atoms with van der Waals surface area (Å²) in [5.41, 5.74) is 0. The minimum absolute atomic E-state index is 0. The second kappa shape index (κ2) is 25.0. The van der Waals surface area contributed by atoms with Gasteiger partial charge in [-0.1, -0.05) is 10.8 Å². The molecule has 0 amide bonds. The second-order valence-corrected chi connectivity index (χ2v) is 1.73. The Balaban J connectivity index is -0.0000000476. The third-order valence-electron chi connectivity index (χ3n) is 0.349. The Hall–Kier alpha value is -2.01. The average Bonchev–Trinajstić information content (AvgIpc) is 2.20. The third-order valence-corrected chi connectivity index (χ3v) is 0.349. The van der Waals surface area contributed by atoms with Gasteiger partial charge >= 0.3 is 33.0 Å². The van der Waals surface area contributed by atoms with Crippen molar-refractivity contribution in [3.05, 3.63) is 0 Å². The molecule has 108 valence electrons. The Morgan fingerprint density at radius 2 is 0.895 bits per heavy atom. The summed E-state index contributed by atoms with van der Waals surface area (Å²) in [6.45, 7) is 0. The Morgan fingerprint density at radius 3 is 0.895 bits per heavy atom. The van der Waals surface area contributed by atoms with Crippen LogP contribution in [-0.2, 0) is 65.5 Å². The molecule has 0 unspecified atom stereocenters. The van der Waals surface area contributed by atoms with Gasteiger partial charge in [0.25, 0.3) is 0 Å². The Labute approximate surface area is 131 Å². The van der Waals surface area contributed by atoms with Crippen LogP contribution in [0.5, 0.6) is 0 Å². The summed E-state index contributed by atoms with van der Waals surface area (Å²) in [6, 6.07) is 0. The molecule has 0 aromatic carbocycles. The van der Waals surface area contributed by atoms with Crippen LogP contribution in [0.25, 0.3) is 0 Å². The van der Waals surface area contributed by atoms with Crippen molar-refractivity contribution < 1.29 is 60.7 Å². The van der Waals surface area contributed by atoms with E-state index in [1.807, 2.05) is 0 Å². The standard InChI is InChI=1S/2C2H2O4.2CHNS.Pt/c2*3-1(4)2(5)6;2*2-1-3;/h2*(H,3,4)(H,5,6);2*3H;/q;;;;+2/p-4. The molecule has 0 saturated carbocycles. The SMILES string of the molecule is N#C[S-].N#C[S-].O=C([O-])C(=O)O.O=C([O-])C(=O)O.[Pt+2]. The topological polar surface area (TPSA) is 202 Å². The maximum absolute atomic E-state index is 9.04. The molecule has 0 aliphatic carbocycles. The summed E-state index contributed by atoms with van der Waals surface area (Å²) in [5, 5.41) is 49.6. The maximum atomic E-state index is 9.04. The predicted octanol–water partition coefficient (Wildman–Crippen LogP) is -4.33. The normalized spacial score (nSPS) is 5.37. The van der Waals surface area contributed by atoms with Gasteiger partial charge in [0.2, 0.25) is 0 Å². The van der Waals surface area contributed by atoms with Gasteiger partial charge in [-0.2, -0.15) is 0 Å². The van der Waals surface area contributed by atoms with E-state index < -0.39 is 23.9 Å². The van der Waals surface area contributed by atoms with Crippen molar-refractivity contribution in [3.8, 4) is 10.8 Å².